The van der Waals surface area contributed by atoms with Crippen LogP contribution in [-0.2, 0) is 4.79 Å². The highest BCUT2D eigenvalue weighted by atomic mass is 79.9. The Labute approximate surface area is 119 Å². The van der Waals surface area contributed by atoms with Crippen molar-refractivity contribution in [2.45, 2.75) is 0 Å². The van der Waals surface area contributed by atoms with E-state index in [4.69, 9.17) is 0 Å². The van der Waals surface area contributed by atoms with Gasteiger partial charge in [0.15, 0.2) is 0 Å². The molecule has 3 nitrogen and oxygen atoms in total. The minimum Gasteiger partial charge on any atom is -0.309 e. The van der Waals surface area contributed by atoms with E-state index in [1.165, 1.54) is 0 Å². The van der Waals surface area contributed by atoms with E-state index >= 15 is 0 Å². The first-order valence-corrected chi connectivity index (χ1v) is 6.68. The lowest BCUT2D eigenvalue weighted by Crippen LogP contribution is -2.25. The first-order valence-electron chi connectivity index (χ1n) is 5.88. The fraction of sp³-hybridized carbons (Fsp3) is 0.0667. The average molecular weight is 315 g/mol. The van der Waals surface area contributed by atoms with E-state index in [-0.39, 0.29) is 5.91 Å². The Morgan fingerprint density at radius 3 is 2.47 bits per heavy atom. The third kappa shape index (κ3) is 2.08. The summed E-state index contributed by atoms with van der Waals surface area (Å²) in [6, 6.07) is 15.3. The number of hydrogen-bond acceptors (Lipinski definition) is 2. The summed E-state index contributed by atoms with van der Waals surface area (Å²) >= 11 is 3.38. The highest BCUT2D eigenvalue weighted by Gasteiger charge is 2.30. The lowest BCUT2D eigenvalue weighted by atomic mass is 10.1. The topological polar surface area (TPSA) is 32.7 Å². The second-order valence-electron chi connectivity index (χ2n) is 4.32. The molecule has 0 N–H and O–H groups in total. The van der Waals surface area contributed by atoms with Crippen LogP contribution in [0.5, 0.6) is 0 Å². The SMILES string of the molecule is CN1C(=O)C(=Nc2ccc(Br)cc2)c2ccccc21. The molecular weight excluding hydrogens is 304 g/mol. The molecule has 3 rings (SSSR count). The van der Waals surface area contributed by atoms with E-state index in [0.29, 0.717) is 5.71 Å². The van der Waals surface area contributed by atoms with Crippen molar-refractivity contribution in [3.05, 3.63) is 58.6 Å². The molecule has 0 unspecified atom stereocenters. The maximum absolute atomic E-state index is 12.2. The van der Waals surface area contributed by atoms with E-state index < -0.39 is 0 Å². The molecule has 0 saturated heterocycles. The van der Waals surface area contributed by atoms with Crippen molar-refractivity contribution >= 4 is 38.9 Å². The average Bonchev–Trinajstić information content (AvgIpc) is 2.67. The van der Waals surface area contributed by atoms with Gasteiger partial charge < -0.3 is 4.90 Å². The summed E-state index contributed by atoms with van der Waals surface area (Å²) in [6.07, 6.45) is 0. The molecule has 2 aromatic rings. The summed E-state index contributed by atoms with van der Waals surface area (Å²) in [4.78, 5) is 18.3. The molecule has 0 saturated carbocycles. The van der Waals surface area contributed by atoms with Crippen molar-refractivity contribution < 1.29 is 4.79 Å². The van der Waals surface area contributed by atoms with Gasteiger partial charge in [-0.1, -0.05) is 34.1 Å². The second-order valence-corrected chi connectivity index (χ2v) is 5.23. The Bertz CT molecular complexity index is 677. The Balaban J connectivity index is 2.10. The third-order valence-corrected chi connectivity index (χ3v) is 3.62. The number of fused-ring (bicyclic) bond motifs is 1. The fourth-order valence-corrected chi connectivity index (χ4v) is 2.37. The molecule has 1 heterocycles. The number of halogens is 1. The van der Waals surface area contributed by atoms with Crippen LogP contribution >= 0.6 is 15.9 Å². The smallest absolute Gasteiger partial charge is 0.277 e. The van der Waals surface area contributed by atoms with Crippen molar-refractivity contribution in [1.82, 2.24) is 0 Å². The van der Waals surface area contributed by atoms with E-state index in [1.54, 1.807) is 11.9 Å². The van der Waals surface area contributed by atoms with Gasteiger partial charge in [0, 0.05) is 17.1 Å². The van der Waals surface area contributed by atoms with E-state index in [9.17, 15) is 4.79 Å². The summed E-state index contributed by atoms with van der Waals surface area (Å²) in [7, 11) is 1.77. The van der Waals surface area contributed by atoms with Crippen LogP contribution in [0.1, 0.15) is 5.56 Å². The van der Waals surface area contributed by atoms with Gasteiger partial charge in [-0.05, 0) is 30.3 Å². The molecule has 19 heavy (non-hydrogen) atoms. The van der Waals surface area contributed by atoms with Crippen LogP contribution in [0.3, 0.4) is 0 Å². The zero-order valence-electron chi connectivity index (χ0n) is 10.3. The predicted molar refractivity (Wildman–Crippen MR) is 80.2 cm³/mol. The molecule has 4 heteroatoms. The molecule has 0 radical (unpaired) electrons. The number of aliphatic imine (C=N–C) groups is 1. The van der Waals surface area contributed by atoms with Gasteiger partial charge in [0.05, 0.1) is 11.4 Å². The molecule has 0 atom stereocenters. The van der Waals surface area contributed by atoms with E-state index in [2.05, 4.69) is 20.9 Å². The van der Waals surface area contributed by atoms with Crippen LogP contribution in [0.15, 0.2) is 58.0 Å². The van der Waals surface area contributed by atoms with E-state index in [1.807, 2.05) is 48.5 Å². The highest BCUT2D eigenvalue weighted by Crippen LogP contribution is 2.29. The minimum atomic E-state index is -0.0656. The van der Waals surface area contributed by atoms with Crippen molar-refractivity contribution in [3.63, 3.8) is 0 Å². The number of anilines is 1. The van der Waals surface area contributed by atoms with Crippen LogP contribution in [0, 0.1) is 0 Å². The Kier molecular flexibility index (Phi) is 2.95. The summed E-state index contributed by atoms with van der Waals surface area (Å²) in [5, 5.41) is 0. The number of nitrogens with zero attached hydrogens (tertiary/aromatic N) is 2. The Hall–Kier alpha value is -1.94. The van der Waals surface area contributed by atoms with Gasteiger partial charge in [-0.25, -0.2) is 4.99 Å². The summed E-state index contributed by atoms with van der Waals surface area (Å²) in [6.45, 7) is 0. The molecule has 1 amide bonds. The third-order valence-electron chi connectivity index (χ3n) is 3.10. The maximum atomic E-state index is 12.2. The largest absolute Gasteiger partial charge is 0.309 e. The normalized spacial score (nSPS) is 16.0. The molecule has 2 aromatic carbocycles. The number of rotatable bonds is 1. The van der Waals surface area contributed by atoms with E-state index in [0.717, 1.165) is 21.4 Å². The van der Waals surface area contributed by atoms with Crippen molar-refractivity contribution in [3.8, 4) is 0 Å². The first kappa shape index (κ1) is 12.1. The summed E-state index contributed by atoms with van der Waals surface area (Å²) in [5.74, 6) is -0.0656. The maximum Gasteiger partial charge on any atom is 0.277 e. The van der Waals surface area contributed by atoms with Crippen LogP contribution in [-0.4, -0.2) is 18.7 Å². The van der Waals surface area contributed by atoms with Gasteiger partial charge in [0.1, 0.15) is 5.71 Å². The lowest BCUT2D eigenvalue weighted by Gasteiger charge is -2.07. The zero-order valence-corrected chi connectivity index (χ0v) is 11.9. The highest BCUT2D eigenvalue weighted by molar-refractivity contribution is 9.10. The van der Waals surface area contributed by atoms with Crippen LogP contribution in [0.25, 0.3) is 0 Å². The fourth-order valence-electron chi connectivity index (χ4n) is 2.10. The molecule has 0 bridgehead atoms. The molecule has 1 aliphatic heterocycles. The molecule has 1 aliphatic rings. The van der Waals surface area contributed by atoms with Crippen molar-refractivity contribution in [2.24, 2.45) is 4.99 Å². The standard InChI is InChI=1S/C15H11BrN2O/c1-18-13-5-3-2-4-12(13)14(15(18)19)17-11-8-6-10(16)7-9-11/h2-9H,1H3. The van der Waals surface area contributed by atoms with Gasteiger partial charge in [0.2, 0.25) is 0 Å². The number of carbonyl (C=O) groups is 1. The quantitative estimate of drug-likeness (QED) is 0.792. The lowest BCUT2D eigenvalue weighted by molar-refractivity contribution is -0.111. The number of amides is 1. The number of carbonyl (C=O) groups excluding carboxylic acids is 1. The molecular formula is C15H11BrN2O. The number of likely N-dealkylation sites (N-methyl/N-ethyl adjacent to an activating group) is 1. The van der Waals surface area contributed by atoms with Gasteiger partial charge in [0.25, 0.3) is 5.91 Å². The van der Waals surface area contributed by atoms with Gasteiger partial charge in [-0.15, -0.1) is 0 Å². The van der Waals surface area contributed by atoms with Crippen molar-refractivity contribution in [1.29, 1.82) is 0 Å². The number of para-hydroxylation sites is 1. The number of benzene rings is 2. The molecule has 0 fully saturated rings. The Morgan fingerprint density at radius 2 is 1.74 bits per heavy atom. The van der Waals surface area contributed by atoms with Crippen LogP contribution < -0.4 is 4.90 Å². The van der Waals surface area contributed by atoms with Crippen molar-refractivity contribution in [2.75, 3.05) is 11.9 Å². The summed E-state index contributed by atoms with van der Waals surface area (Å²) < 4.78 is 0.992. The molecule has 0 aliphatic carbocycles. The second kappa shape index (κ2) is 4.63. The zero-order chi connectivity index (χ0) is 13.4. The monoisotopic (exact) mass is 314 g/mol. The van der Waals surface area contributed by atoms with Crippen LogP contribution in [0.2, 0.25) is 0 Å². The molecule has 94 valence electrons. The molecule has 0 aromatic heterocycles. The predicted octanol–water partition coefficient (Wildman–Crippen LogP) is 3.55. The summed E-state index contributed by atoms with van der Waals surface area (Å²) in [5.41, 5.74) is 3.07. The van der Waals surface area contributed by atoms with Gasteiger partial charge >= 0.3 is 0 Å². The number of hydrogen-bond donors (Lipinski definition) is 0. The minimum absolute atomic E-state index is 0.0656. The van der Waals surface area contributed by atoms with Gasteiger partial charge in [-0.3, -0.25) is 4.79 Å². The first-order chi connectivity index (χ1) is 9.16. The molecule has 0 spiro atoms. The van der Waals surface area contributed by atoms with Crippen LogP contribution in [0.4, 0.5) is 11.4 Å². The van der Waals surface area contributed by atoms with Gasteiger partial charge in [-0.2, -0.15) is 0 Å². The Morgan fingerprint density at radius 1 is 1.05 bits per heavy atom.